The van der Waals surface area contributed by atoms with Crippen molar-refractivity contribution in [2.75, 3.05) is 28.4 Å². The predicted molar refractivity (Wildman–Crippen MR) is 95.7 cm³/mol. The molecule has 152 valence electrons. The average molecular weight is 381 g/mol. The maximum atomic E-state index is 12.6. The summed E-state index contributed by atoms with van der Waals surface area (Å²) in [6.45, 7) is 5.89. The Morgan fingerprint density at radius 3 is 2.26 bits per heavy atom. The number of epoxide rings is 1. The minimum atomic E-state index is -1.20. The number of hydrogen-bond donors (Lipinski definition) is 0. The van der Waals surface area contributed by atoms with Gasteiger partial charge in [0.15, 0.2) is 5.60 Å². The molecule has 0 aromatic carbocycles. The molecule has 2 aliphatic carbocycles. The van der Waals surface area contributed by atoms with E-state index in [1.807, 2.05) is 6.92 Å². The van der Waals surface area contributed by atoms with Crippen LogP contribution < -0.4 is 0 Å². The van der Waals surface area contributed by atoms with Crippen LogP contribution in [0.25, 0.3) is 0 Å². The molecule has 0 amide bonds. The largest absolute Gasteiger partial charge is 0.467 e. The van der Waals surface area contributed by atoms with Crippen molar-refractivity contribution < 1.29 is 28.5 Å². The van der Waals surface area contributed by atoms with Crippen LogP contribution in [-0.4, -0.2) is 63.9 Å². The van der Waals surface area contributed by atoms with Crippen molar-refractivity contribution in [2.24, 2.45) is 23.2 Å². The van der Waals surface area contributed by atoms with E-state index in [1.54, 1.807) is 21.1 Å². The number of ether oxygens (including phenoxy) is 5. The number of methoxy groups -OCH3 is 4. The fourth-order valence-corrected chi connectivity index (χ4v) is 6.23. The van der Waals surface area contributed by atoms with Gasteiger partial charge in [-0.05, 0) is 31.6 Å². The minimum absolute atomic E-state index is 0.000389. The first-order valence-electron chi connectivity index (χ1n) is 9.51. The fourth-order valence-electron chi connectivity index (χ4n) is 6.23. The van der Waals surface area contributed by atoms with Crippen molar-refractivity contribution in [1.82, 2.24) is 0 Å². The fraction of sp³-hybridized carbons (Fsp3) is 0.900. The summed E-state index contributed by atoms with van der Waals surface area (Å²) in [4.78, 5) is 12.6. The maximum absolute atomic E-state index is 12.6. The molecule has 1 aliphatic heterocycles. The summed E-state index contributed by atoms with van der Waals surface area (Å²) in [7, 11) is 6.14. The van der Waals surface area contributed by atoms with E-state index in [4.69, 9.17) is 23.7 Å². The van der Waals surface area contributed by atoms with Crippen LogP contribution in [0.15, 0.2) is 0 Å². The summed E-state index contributed by atoms with van der Waals surface area (Å²) < 4.78 is 28.7. The summed E-state index contributed by atoms with van der Waals surface area (Å²) in [5, 5.41) is 10.2. The quantitative estimate of drug-likeness (QED) is 0.531. The smallest absolute Gasteiger partial charge is 0.338 e. The average Bonchev–Trinajstić information content (AvgIpc) is 3.40. The summed E-state index contributed by atoms with van der Waals surface area (Å²) >= 11 is 0. The monoisotopic (exact) mass is 381 g/mol. The van der Waals surface area contributed by atoms with Crippen LogP contribution in [0, 0.1) is 34.5 Å². The molecular weight excluding hydrogens is 350 g/mol. The molecule has 3 fully saturated rings. The Morgan fingerprint density at radius 2 is 1.78 bits per heavy atom. The molecule has 9 atom stereocenters. The van der Waals surface area contributed by atoms with E-state index in [0.29, 0.717) is 12.8 Å². The number of carbonyl (C=O) groups excluding carboxylic acids is 1. The third kappa shape index (κ3) is 2.43. The van der Waals surface area contributed by atoms with Gasteiger partial charge >= 0.3 is 5.97 Å². The van der Waals surface area contributed by atoms with Gasteiger partial charge in [-0.15, -0.1) is 0 Å². The van der Waals surface area contributed by atoms with Gasteiger partial charge in [0.05, 0.1) is 30.8 Å². The van der Waals surface area contributed by atoms with E-state index >= 15 is 0 Å². The lowest BCUT2D eigenvalue weighted by molar-refractivity contribution is -0.206. The van der Waals surface area contributed by atoms with E-state index in [-0.39, 0.29) is 30.0 Å². The molecular formula is C20H31NO6. The van der Waals surface area contributed by atoms with Crippen LogP contribution in [0.2, 0.25) is 0 Å². The van der Waals surface area contributed by atoms with Crippen molar-refractivity contribution >= 4 is 5.97 Å². The molecule has 0 aromatic heterocycles. The molecule has 1 spiro atoms. The van der Waals surface area contributed by atoms with E-state index in [9.17, 15) is 10.1 Å². The van der Waals surface area contributed by atoms with Gasteiger partial charge in [0.2, 0.25) is 0 Å². The number of nitrogens with zero attached hydrogens (tertiary/aromatic N) is 1. The normalized spacial score (nSPS) is 47.8. The predicted octanol–water partition coefficient (Wildman–Crippen LogP) is 1.94. The van der Waals surface area contributed by atoms with E-state index in [2.05, 4.69) is 13.0 Å². The second kappa shape index (κ2) is 6.70. The molecule has 0 radical (unpaired) electrons. The standard InChI is InChI=1S/C20H31NO6/c1-11-8-19(10-21)9-12(2)14(23-4)16-20(19,27-16)15(24-5)13(11)18(3,26-7)17(22)25-6/h11-16H,8-9H2,1-7H3/t11-,12+,13+,14-,15+,16+,18+,19+,20+/m0/s1. The Labute approximate surface area is 161 Å². The summed E-state index contributed by atoms with van der Waals surface area (Å²) in [5.41, 5.74) is -2.67. The summed E-state index contributed by atoms with van der Waals surface area (Å²) in [5.74, 6) is -0.571. The molecule has 0 N–H and O–H groups in total. The van der Waals surface area contributed by atoms with Crippen molar-refractivity contribution in [2.45, 2.75) is 63.1 Å². The Morgan fingerprint density at radius 1 is 1.15 bits per heavy atom. The number of esters is 1. The SMILES string of the molecule is COC(=O)[C@](C)(OC)[C@H]1[C@@H](OC)[C@@]23O[C@@H]2[C@@H](OC)[C@H](C)C[C@@]3(C#N)C[C@@H]1C. The van der Waals surface area contributed by atoms with Crippen LogP contribution in [0.5, 0.6) is 0 Å². The van der Waals surface area contributed by atoms with Gasteiger partial charge in [-0.3, -0.25) is 0 Å². The zero-order valence-corrected chi connectivity index (χ0v) is 17.3. The van der Waals surface area contributed by atoms with Gasteiger partial charge in [-0.2, -0.15) is 5.26 Å². The highest BCUT2D eigenvalue weighted by molar-refractivity contribution is 5.79. The lowest BCUT2D eigenvalue weighted by atomic mass is 9.49. The molecule has 0 bridgehead atoms. The lowest BCUT2D eigenvalue weighted by Crippen LogP contribution is -2.67. The van der Waals surface area contributed by atoms with Gasteiger partial charge in [0.1, 0.15) is 11.7 Å². The number of carbonyl (C=O) groups is 1. The topological polar surface area (TPSA) is 90.3 Å². The number of rotatable bonds is 5. The van der Waals surface area contributed by atoms with Crippen LogP contribution in [-0.2, 0) is 28.5 Å². The van der Waals surface area contributed by atoms with Crippen molar-refractivity contribution in [3.8, 4) is 6.07 Å². The zero-order valence-electron chi connectivity index (χ0n) is 17.3. The molecule has 7 nitrogen and oxygen atoms in total. The van der Waals surface area contributed by atoms with Crippen LogP contribution in [0.4, 0.5) is 0 Å². The van der Waals surface area contributed by atoms with Crippen molar-refractivity contribution in [3.63, 3.8) is 0 Å². The first-order chi connectivity index (χ1) is 12.7. The molecule has 1 heterocycles. The Kier molecular flexibility index (Phi) is 5.09. The molecule has 3 aliphatic rings. The van der Waals surface area contributed by atoms with Crippen molar-refractivity contribution in [3.05, 3.63) is 0 Å². The molecule has 0 aromatic rings. The molecule has 27 heavy (non-hydrogen) atoms. The number of nitriles is 1. The third-order valence-electron chi connectivity index (χ3n) is 7.39. The van der Waals surface area contributed by atoms with E-state index in [1.165, 1.54) is 14.2 Å². The summed E-state index contributed by atoms with van der Waals surface area (Å²) in [6.07, 6.45) is 0.466. The lowest BCUT2D eigenvalue weighted by Gasteiger charge is -2.55. The van der Waals surface area contributed by atoms with Gasteiger partial charge in [-0.1, -0.05) is 13.8 Å². The van der Waals surface area contributed by atoms with Gasteiger partial charge in [0.25, 0.3) is 0 Å². The molecule has 3 rings (SSSR count). The molecule has 0 unspecified atom stereocenters. The highest BCUT2D eigenvalue weighted by Gasteiger charge is 2.82. The third-order valence-corrected chi connectivity index (χ3v) is 7.39. The van der Waals surface area contributed by atoms with Crippen LogP contribution >= 0.6 is 0 Å². The highest BCUT2D eigenvalue weighted by atomic mass is 16.7. The first-order valence-corrected chi connectivity index (χ1v) is 9.51. The first kappa shape index (κ1) is 20.5. The van der Waals surface area contributed by atoms with Gasteiger partial charge in [0, 0.05) is 27.2 Å². The van der Waals surface area contributed by atoms with Gasteiger partial charge < -0.3 is 23.7 Å². The molecule has 2 saturated carbocycles. The minimum Gasteiger partial charge on any atom is -0.467 e. The van der Waals surface area contributed by atoms with Gasteiger partial charge in [-0.25, -0.2) is 4.79 Å². The second-order valence-electron chi connectivity index (χ2n) is 8.57. The Balaban J connectivity index is 2.11. The van der Waals surface area contributed by atoms with Crippen LogP contribution in [0.3, 0.4) is 0 Å². The van der Waals surface area contributed by atoms with Crippen LogP contribution in [0.1, 0.15) is 33.6 Å². The maximum Gasteiger partial charge on any atom is 0.338 e. The second-order valence-corrected chi connectivity index (χ2v) is 8.57. The zero-order chi connectivity index (χ0) is 20.2. The van der Waals surface area contributed by atoms with E-state index in [0.717, 1.165) is 0 Å². The summed E-state index contributed by atoms with van der Waals surface area (Å²) in [6, 6.07) is 2.59. The number of hydrogen-bond acceptors (Lipinski definition) is 7. The Hall–Kier alpha value is -1.20. The molecule has 7 heteroatoms. The molecule has 1 saturated heterocycles. The highest BCUT2D eigenvalue weighted by Crippen LogP contribution is 2.69. The van der Waals surface area contributed by atoms with Crippen molar-refractivity contribution in [1.29, 1.82) is 5.26 Å². The Bertz CT molecular complexity index is 649. The van der Waals surface area contributed by atoms with E-state index < -0.39 is 28.7 Å².